The van der Waals surface area contributed by atoms with Crippen LogP contribution in [0.3, 0.4) is 0 Å². The SMILES string of the molecule is CCN(CC)CCOC(=O)c1ccc(NC(=O)/C=C/c2cccs2)cc1.[Cl-]. The molecule has 1 amide bonds. The molecule has 0 aliphatic carbocycles. The molecule has 1 heterocycles. The summed E-state index contributed by atoms with van der Waals surface area (Å²) >= 11 is 1.57. The Kier molecular flexibility index (Phi) is 10.4. The van der Waals surface area contributed by atoms with Crippen molar-refractivity contribution >= 4 is 35.0 Å². The van der Waals surface area contributed by atoms with Crippen molar-refractivity contribution in [2.24, 2.45) is 0 Å². The number of esters is 1. The van der Waals surface area contributed by atoms with Gasteiger partial charge < -0.3 is 27.4 Å². The van der Waals surface area contributed by atoms with Crippen molar-refractivity contribution in [1.82, 2.24) is 4.90 Å². The first-order valence-corrected chi connectivity index (χ1v) is 9.52. The molecule has 5 nitrogen and oxygen atoms in total. The summed E-state index contributed by atoms with van der Waals surface area (Å²) in [5.41, 5.74) is 1.10. The fourth-order valence-electron chi connectivity index (χ4n) is 2.31. The summed E-state index contributed by atoms with van der Waals surface area (Å²) in [6, 6.07) is 10.6. The molecule has 0 atom stereocenters. The maximum atomic E-state index is 12.0. The number of likely N-dealkylation sites (N-methyl/N-ethyl adjacent to an activating group) is 1. The summed E-state index contributed by atoms with van der Waals surface area (Å²) in [7, 11) is 0. The quantitative estimate of drug-likeness (QED) is 0.495. The van der Waals surface area contributed by atoms with Crippen molar-refractivity contribution < 1.29 is 26.7 Å². The zero-order chi connectivity index (χ0) is 18.8. The van der Waals surface area contributed by atoms with E-state index in [1.165, 1.54) is 6.08 Å². The van der Waals surface area contributed by atoms with Crippen LogP contribution in [-0.4, -0.2) is 43.0 Å². The van der Waals surface area contributed by atoms with Crippen molar-refractivity contribution in [3.8, 4) is 0 Å². The fraction of sp³-hybridized carbons (Fsp3) is 0.300. The van der Waals surface area contributed by atoms with Crippen LogP contribution in [0, 0.1) is 0 Å². The molecule has 146 valence electrons. The second kappa shape index (κ2) is 12.3. The van der Waals surface area contributed by atoms with E-state index in [4.69, 9.17) is 4.74 Å². The lowest BCUT2D eigenvalue weighted by Gasteiger charge is -2.17. The molecule has 1 aromatic carbocycles. The van der Waals surface area contributed by atoms with Crippen molar-refractivity contribution in [1.29, 1.82) is 0 Å². The summed E-state index contributed by atoms with van der Waals surface area (Å²) in [5.74, 6) is -0.569. The van der Waals surface area contributed by atoms with Crippen LogP contribution in [0.2, 0.25) is 0 Å². The zero-order valence-electron chi connectivity index (χ0n) is 15.5. The first-order chi connectivity index (χ1) is 12.6. The summed E-state index contributed by atoms with van der Waals surface area (Å²) in [5, 5.41) is 4.72. The van der Waals surface area contributed by atoms with E-state index >= 15 is 0 Å². The Morgan fingerprint density at radius 1 is 1.15 bits per heavy atom. The minimum Gasteiger partial charge on any atom is -1.00 e. The van der Waals surface area contributed by atoms with E-state index in [-0.39, 0.29) is 24.3 Å². The normalized spacial score (nSPS) is 10.6. The number of rotatable bonds is 9. The highest BCUT2D eigenvalue weighted by molar-refractivity contribution is 7.10. The summed E-state index contributed by atoms with van der Waals surface area (Å²) in [4.78, 5) is 27.1. The molecule has 0 aliphatic rings. The first-order valence-electron chi connectivity index (χ1n) is 8.64. The molecular weight excluding hydrogens is 384 g/mol. The lowest BCUT2D eigenvalue weighted by Crippen LogP contribution is -3.00. The maximum Gasteiger partial charge on any atom is 0.338 e. The van der Waals surface area contributed by atoms with E-state index in [0.717, 1.165) is 24.5 Å². The number of hydrogen-bond acceptors (Lipinski definition) is 5. The summed E-state index contributed by atoms with van der Waals surface area (Å²) in [6.07, 6.45) is 3.25. The molecule has 2 rings (SSSR count). The summed E-state index contributed by atoms with van der Waals surface area (Å²) < 4.78 is 5.29. The predicted octanol–water partition coefficient (Wildman–Crippen LogP) is 0.903. The molecule has 0 saturated heterocycles. The van der Waals surface area contributed by atoms with Crippen LogP contribution in [0.25, 0.3) is 6.08 Å². The number of carbonyl (C=O) groups excluding carboxylic acids is 2. The van der Waals surface area contributed by atoms with Gasteiger partial charge in [-0.05, 0) is 54.9 Å². The number of nitrogens with zero attached hydrogens (tertiary/aromatic N) is 1. The minimum atomic E-state index is -0.354. The molecule has 0 bridgehead atoms. The van der Waals surface area contributed by atoms with Crippen LogP contribution in [0.15, 0.2) is 47.9 Å². The van der Waals surface area contributed by atoms with Crippen LogP contribution in [-0.2, 0) is 9.53 Å². The molecule has 0 unspecified atom stereocenters. The third-order valence-electron chi connectivity index (χ3n) is 3.87. The number of ether oxygens (including phenoxy) is 1. The van der Waals surface area contributed by atoms with Crippen LogP contribution < -0.4 is 17.7 Å². The standard InChI is InChI=1S/C20H24N2O3S.ClH/c1-3-22(4-2)13-14-25-20(24)16-7-9-17(10-8-16)21-19(23)12-11-18-6-5-15-26-18;/h5-12,15H,3-4,13-14H2,1-2H3,(H,21,23);1H/p-1/b12-11+;. The van der Waals surface area contributed by atoms with Gasteiger partial charge in [0.2, 0.25) is 5.91 Å². The van der Waals surface area contributed by atoms with Crippen molar-refractivity contribution in [2.45, 2.75) is 13.8 Å². The smallest absolute Gasteiger partial charge is 0.338 e. The number of carbonyl (C=O) groups is 2. The Morgan fingerprint density at radius 2 is 1.85 bits per heavy atom. The molecular formula is C20H24ClN2O3S-. The molecule has 0 saturated carbocycles. The Labute approximate surface area is 170 Å². The number of hydrogen-bond donors (Lipinski definition) is 1. The van der Waals surface area contributed by atoms with Crippen LogP contribution >= 0.6 is 11.3 Å². The average Bonchev–Trinajstić information content (AvgIpc) is 3.18. The second-order valence-corrected chi connectivity index (χ2v) is 6.56. The monoisotopic (exact) mass is 407 g/mol. The van der Waals surface area contributed by atoms with Gasteiger partial charge in [0.05, 0.1) is 5.56 Å². The van der Waals surface area contributed by atoms with E-state index in [1.807, 2.05) is 17.5 Å². The van der Waals surface area contributed by atoms with Crippen LogP contribution in [0.4, 0.5) is 5.69 Å². The number of thiophene rings is 1. The van der Waals surface area contributed by atoms with Crippen molar-refractivity contribution in [3.63, 3.8) is 0 Å². The van der Waals surface area contributed by atoms with E-state index < -0.39 is 0 Å². The van der Waals surface area contributed by atoms with E-state index in [2.05, 4.69) is 24.1 Å². The van der Waals surface area contributed by atoms with Gasteiger partial charge in [0.15, 0.2) is 0 Å². The molecule has 0 aliphatic heterocycles. The number of amides is 1. The van der Waals surface area contributed by atoms with Crippen LogP contribution in [0.1, 0.15) is 29.1 Å². The Bertz CT molecular complexity index is 726. The zero-order valence-corrected chi connectivity index (χ0v) is 17.1. The van der Waals surface area contributed by atoms with Crippen LogP contribution in [0.5, 0.6) is 0 Å². The van der Waals surface area contributed by atoms with Gasteiger partial charge in [-0.3, -0.25) is 4.79 Å². The Balaban J connectivity index is 0.00000364. The lowest BCUT2D eigenvalue weighted by molar-refractivity contribution is -0.111. The summed E-state index contributed by atoms with van der Waals surface area (Å²) in [6.45, 7) is 7.12. The van der Waals surface area contributed by atoms with E-state index in [0.29, 0.717) is 17.9 Å². The highest BCUT2D eigenvalue weighted by Gasteiger charge is 2.08. The molecule has 2 aromatic rings. The van der Waals surface area contributed by atoms with Gasteiger partial charge in [0, 0.05) is 23.2 Å². The third-order valence-corrected chi connectivity index (χ3v) is 4.70. The van der Waals surface area contributed by atoms with Gasteiger partial charge >= 0.3 is 5.97 Å². The van der Waals surface area contributed by atoms with Gasteiger partial charge in [-0.15, -0.1) is 11.3 Å². The average molecular weight is 408 g/mol. The van der Waals surface area contributed by atoms with E-state index in [1.54, 1.807) is 41.7 Å². The molecule has 27 heavy (non-hydrogen) atoms. The molecule has 7 heteroatoms. The third kappa shape index (κ3) is 7.95. The predicted molar refractivity (Wildman–Crippen MR) is 106 cm³/mol. The number of nitrogens with one attached hydrogen (secondary N) is 1. The Hall–Kier alpha value is -2.15. The Morgan fingerprint density at radius 3 is 2.44 bits per heavy atom. The van der Waals surface area contributed by atoms with Crippen molar-refractivity contribution in [2.75, 3.05) is 31.6 Å². The van der Waals surface area contributed by atoms with E-state index in [9.17, 15) is 9.59 Å². The molecule has 0 fully saturated rings. The highest BCUT2D eigenvalue weighted by Crippen LogP contribution is 2.12. The molecule has 1 N–H and O–H groups in total. The lowest BCUT2D eigenvalue weighted by atomic mass is 10.2. The minimum absolute atomic E-state index is 0. The number of benzene rings is 1. The fourth-order valence-corrected chi connectivity index (χ4v) is 2.93. The van der Waals surface area contributed by atoms with Gasteiger partial charge in [-0.1, -0.05) is 19.9 Å². The van der Waals surface area contributed by atoms with Gasteiger partial charge in [0.1, 0.15) is 6.61 Å². The van der Waals surface area contributed by atoms with Gasteiger partial charge in [-0.2, -0.15) is 0 Å². The first kappa shape index (κ1) is 22.9. The van der Waals surface area contributed by atoms with Gasteiger partial charge in [-0.25, -0.2) is 4.79 Å². The van der Waals surface area contributed by atoms with Gasteiger partial charge in [0.25, 0.3) is 0 Å². The largest absolute Gasteiger partial charge is 1.00 e. The molecule has 1 aromatic heterocycles. The van der Waals surface area contributed by atoms with Crippen molar-refractivity contribution in [3.05, 3.63) is 58.3 Å². The molecule has 0 radical (unpaired) electrons. The number of halogens is 1. The maximum absolute atomic E-state index is 12.0. The molecule has 0 spiro atoms. The highest BCUT2D eigenvalue weighted by atomic mass is 35.5. The number of anilines is 1. The topological polar surface area (TPSA) is 58.6 Å². The second-order valence-electron chi connectivity index (χ2n) is 5.58.